The number of rotatable bonds is 9. The van der Waals surface area contributed by atoms with Gasteiger partial charge < -0.3 is 23.4 Å². The third kappa shape index (κ3) is 4.68. The van der Waals surface area contributed by atoms with Gasteiger partial charge in [0, 0.05) is 17.7 Å². The minimum absolute atomic E-state index is 0.317. The molecule has 0 fully saturated rings. The maximum Gasteiger partial charge on any atom is 0.294 e. The molecule has 0 bridgehead atoms. The van der Waals surface area contributed by atoms with E-state index in [0.717, 1.165) is 22.3 Å². The van der Waals surface area contributed by atoms with Crippen molar-refractivity contribution in [1.29, 1.82) is 0 Å². The highest BCUT2D eigenvalue weighted by Gasteiger charge is 2.17. The molecule has 6 rings (SSSR count). The number of para-hydroxylation sites is 1. The number of furan rings is 1. The van der Waals surface area contributed by atoms with Crippen LogP contribution in [-0.2, 0) is 13.2 Å². The highest BCUT2D eigenvalue weighted by molar-refractivity contribution is 7.18. The fraction of sp³-hybridized carbons (Fsp3) is 0.143. The summed E-state index contributed by atoms with van der Waals surface area (Å²) in [6.07, 6.45) is 1.81. The van der Waals surface area contributed by atoms with E-state index in [1.54, 1.807) is 18.7 Å². The molecule has 0 N–H and O–H groups in total. The van der Waals surface area contributed by atoms with Gasteiger partial charge in [0.2, 0.25) is 4.96 Å². The molecule has 6 aromatic rings. The number of benzene rings is 3. The normalized spacial score (nSPS) is 11.2. The van der Waals surface area contributed by atoms with Crippen molar-refractivity contribution < 1.29 is 23.4 Å². The van der Waals surface area contributed by atoms with Crippen LogP contribution in [0.25, 0.3) is 27.4 Å². The number of nitrogens with zero attached hydrogens (tertiary/aromatic N) is 3. The van der Waals surface area contributed by atoms with Gasteiger partial charge in [-0.05, 0) is 29.0 Å². The van der Waals surface area contributed by atoms with E-state index in [2.05, 4.69) is 10.1 Å². The predicted molar refractivity (Wildman–Crippen MR) is 141 cm³/mol. The summed E-state index contributed by atoms with van der Waals surface area (Å²) in [5.41, 5.74) is 3.35. The zero-order valence-corrected chi connectivity index (χ0v) is 21.0. The quantitative estimate of drug-likeness (QED) is 0.222. The molecule has 3 heterocycles. The lowest BCUT2D eigenvalue weighted by Crippen LogP contribution is -2.02. The largest absolute Gasteiger partial charge is 0.496 e. The van der Waals surface area contributed by atoms with Gasteiger partial charge >= 0.3 is 0 Å². The molecule has 3 aromatic carbocycles. The Kier molecular flexibility index (Phi) is 6.11. The van der Waals surface area contributed by atoms with Crippen molar-refractivity contribution in [2.45, 2.75) is 13.2 Å². The third-order valence-corrected chi connectivity index (χ3v) is 6.74. The van der Waals surface area contributed by atoms with Crippen LogP contribution in [0.3, 0.4) is 0 Å². The number of methoxy groups -OCH3 is 2. The van der Waals surface area contributed by atoms with Gasteiger partial charge in [-0.25, -0.2) is 9.50 Å². The second kappa shape index (κ2) is 9.87. The summed E-state index contributed by atoms with van der Waals surface area (Å²) in [5, 5.41) is 5.70. The molecule has 0 saturated heterocycles. The van der Waals surface area contributed by atoms with E-state index in [9.17, 15) is 0 Å². The van der Waals surface area contributed by atoms with Gasteiger partial charge in [-0.1, -0.05) is 48.5 Å². The summed E-state index contributed by atoms with van der Waals surface area (Å²) >= 11 is 1.36. The van der Waals surface area contributed by atoms with Crippen molar-refractivity contribution in [3.63, 3.8) is 0 Å². The smallest absolute Gasteiger partial charge is 0.294 e. The van der Waals surface area contributed by atoms with Crippen molar-refractivity contribution in [2.24, 2.45) is 0 Å². The number of fused-ring (bicyclic) bond motifs is 2. The van der Waals surface area contributed by atoms with Gasteiger partial charge in [0.25, 0.3) is 5.19 Å². The lowest BCUT2D eigenvalue weighted by atomic mass is 10.2. The van der Waals surface area contributed by atoms with E-state index in [0.29, 0.717) is 51.9 Å². The Labute approximate surface area is 216 Å². The van der Waals surface area contributed by atoms with Crippen LogP contribution in [0.2, 0.25) is 0 Å². The van der Waals surface area contributed by atoms with Crippen molar-refractivity contribution in [3.05, 3.63) is 90.1 Å². The van der Waals surface area contributed by atoms with Crippen LogP contribution in [0.15, 0.2) is 83.4 Å². The number of imidazole rings is 1. The molecule has 37 heavy (non-hydrogen) atoms. The standard InChI is InChI=1S/C28H23N3O5S/c1-32-20-12-24(35-17-19-10-6-7-11-23(19)34-16-18-8-4-3-5-9-18)21-14-26(36-25(21)13-20)22-15-31-27(29-22)37-28(30-31)33-2/h3-15H,16-17H2,1-2H3. The summed E-state index contributed by atoms with van der Waals surface area (Å²) in [6.45, 7) is 0.798. The van der Waals surface area contributed by atoms with Gasteiger partial charge in [-0.15, -0.1) is 5.10 Å². The van der Waals surface area contributed by atoms with Crippen LogP contribution in [0.5, 0.6) is 22.4 Å². The van der Waals surface area contributed by atoms with Crippen molar-refractivity contribution in [1.82, 2.24) is 14.6 Å². The molecule has 0 radical (unpaired) electrons. The minimum atomic E-state index is 0.317. The zero-order valence-electron chi connectivity index (χ0n) is 20.2. The first-order valence-corrected chi connectivity index (χ1v) is 12.4. The average Bonchev–Trinajstić information content (AvgIpc) is 3.64. The molecule has 0 amide bonds. The fourth-order valence-corrected chi connectivity index (χ4v) is 4.68. The summed E-state index contributed by atoms with van der Waals surface area (Å²) in [6, 6.07) is 23.6. The molecule has 0 aliphatic rings. The molecular weight excluding hydrogens is 490 g/mol. The fourth-order valence-electron chi connectivity index (χ4n) is 3.98. The molecule has 9 heteroatoms. The first-order valence-electron chi connectivity index (χ1n) is 11.6. The Morgan fingerprint density at radius 1 is 0.865 bits per heavy atom. The van der Waals surface area contributed by atoms with E-state index < -0.39 is 0 Å². The molecular formula is C28H23N3O5S. The van der Waals surface area contributed by atoms with Crippen LogP contribution < -0.4 is 18.9 Å². The summed E-state index contributed by atoms with van der Waals surface area (Å²) in [4.78, 5) is 5.34. The number of hydrogen-bond donors (Lipinski definition) is 0. The van der Waals surface area contributed by atoms with E-state index in [1.165, 1.54) is 11.3 Å². The lowest BCUT2D eigenvalue weighted by Gasteiger charge is -2.13. The average molecular weight is 514 g/mol. The van der Waals surface area contributed by atoms with Gasteiger partial charge in [0.05, 0.1) is 25.8 Å². The monoisotopic (exact) mass is 513 g/mol. The van der Waals surface area contributed by atoms with Crippen LogP contribution >= 0.6 is 11.3 Å². The molecule has 0 spiro atoms. The van der Waals surface area contributed by atoms with E-state index >= 15 is 0 Å². The molecule has 8 nitrogen and oxygen atoms in total. The Morgan fingerprint density at radius 2 is 1.68 bits per heavy atom. The Hall–Kier alpha value is -4.50. The third-order valence-electron chi connectivity index (χ3n) is 5.85. The summed E-state index contributed by atoms with van der Waals surface area (Å²) in [7, 11) is 3.20. The topological polar surface area (TPSA) is 80.2 Å². The Morgan fingerprint density at radius 3 is 2.49 bits per heavy atom. The molecule has 0 saturated carbocycles. The molecule has 3 aromatic heterocycles. The first-order chi connectivity index (χ1) is 18.2. The lowest BCUT2D eigenvalue weighted by molar-refractivity contribution is 0.274. The van der Waals surface area contributed by atoms with E-state index in [-0.39, 0.29) is 0 Å². The van der Waals surface area contributed by atoms with E-state index in [4.69, 9.17) is 23.4 Å². The molecule has 0 atom stereocenters. The number of aromatic nitrogens is 3. The maximum atomic E-state index is 6.29. The van der Waals surface area contributed by atoms with Crippen LogP contribution in [0.1, 0.15) is 11.1 Å². The molecule has 0 unspecified atom stereocenters. The van der Waals surface area contributed by atoms with Crippen LogP contribution in [0.4, 0.5) is 0 Å². The highest BCUT2D eigenvalue weighted by atomic mass is 32.1. The number of ether oxygens (including phenoxy) is 4. The van der Waals surface area contributed by atoms with E-state index in [1.807, 2.05) is 79.0 Å². The second-order valence-electron chi connectivity index (χ2n) is 8.24. The SMILES string of the molecule is COc1cc(OCc2ccccc2OCc2ccccc2)c2cc(-c3cn4nc(OC)sc4n3)oc2c1. The van der Waals surface area contributed by atoms with Crippen molar-refractivity contribution in [3.8, 4) is 33.9 Å². The van der Waals surface area contributed by atoms with Crippen LogP contribution in [-0.4, -0.2) is 28.8 Å². The van der Waals surface area contributed by atoms with Crippen LogP contribution in [0, 0.1) is 0 Å². The maximum absolute atomic E-state index is 6.29. The highest BCUT2D eigenvalue weighted by Crippen LogP contribution is 2.38. The Bertz CT molecular complexity index is 1640. The van der Waals surface area contributed by atoms with Crippen molar-refractivity contribution in [2.75, 3.05) is 14.2 Å². The Balaban J connectivity index is 1.27. The molecule has 186 valence electrons. The van der Waals surface area contributed by atoms with Gasteiger partial charge in [-0.3, -0.25) is 0 Å². The second-order valence-corrected chi connectivity index (χ2v) is 9.16. The summed E-state index contributed by atoms with van der Waals surface area (Å²) < 4.78 is 30.9. The predicted octanol–water partition coefficient (Wildman–Crippen LogP) is 6.38. The minimum Gasteiger partial charge on any atom is -0.496 e. The summed E-state index contributed by atoms with van der Waals surface area (Å²) in [5.74, 6) is 2.66. The van der Waals surface area contributed by atoms with Crippen molar-refractivity contribution >= 4 is 27.3 Å². The van der Waals surface area contributed by atoms with Gasteiger partial charge in [0.15, 0.2) is 5.76 Å². The number of hydrogen-bond acceptors (Lipinski definition) is 8. The molecule has 0 aliphatic heterocycles. The zero-order chi connectivity index (χ0) is 25.2. The van der Waals surface area contributed by atoms with Gasteiger partial charge in [-0.2, -0.15) is 0 Å². The first kappa shape index (κ1) is 22.9. The molecule has 0 aliphatic carbocycles. The van der Waals surface area contributed by atoms with Gasteiger partial charge in [0.1, 0.15) is 41.7 Å².